The molecule has 0 spiro atoms. The Hall–Kier alpha value is -1.57. The number of rotatable bonds is 3. The topological polar surface area (TPSA) is 30.2 Å². The number of hydrogen-bond acceptors (Lipinski definition) is 2. The van der Waals surface area contributed by atoms with Crippen molar-refractivity contribution in [3.05, 3.63) is 35.6 Å². The molecular formula is C13H14O2. The Kier molecular flexibility index (Phi) is 2.58. The second kappa shape index (κ2) is 3.89. The molecule has 1 unspecified atom stereocenters. The molecule has 78 valence electrons. The van der Waals surface area contributed by atoms with Crippen LogP contribution in [0.1, 0.15) is 30.6 Å². The van der Waals surface area contributed by atoms with Crippen molar-refractivity contribution in [2.75, 3.05) is 0 Å². The van der Waals surface area contributed by atoms with Crippen LogP contribution < -0.4 is 0 Å². The number of furan rings is 1. The Morgan fingerprint density at radius 3 is 2.93 bits per heavy atom. The van der Waals surface area contributed by atoms with Crippen molar-refractivity contribution in [2.45, 2.75) is 26.2 Å². The minimum Gasteiger partial charge on any atom is -0.461 e. The van der Waals surface area contributed by atoms with Crippen LogP contribution in [-0.4, -0.2) is 6.29 Å². The van der Waals surface area contributed by atoms with Crippen molar-refractivity contribution >= 4 is 17.3 Å². The second-order valence-corrected chi connectivity index (χ2v) is 3.96. The molecule has 0 aliphatic heterocycles. The van der Waals surface area contributed by atoms with Crippen molar-refractivity contribution in [3.8, 4) is 0 Å². The zero-order valence-electron chi connectivity index (χ0n) is 8.99. The van der Waals surface area contributed by atoms with E-state index in [1.807, 2.05) is 32.0 Å². The molecule has 1 heterocycles. The van der Waals surface area contributed by atoms with Crippen molar-refractivity contribution < 1.29 is 9.21 Å². The van der Waals surface area contributed by atoms with Crippen LogP contribution in [0.2, 0.25) is 0 Å². The molecule has 0 bridgehead atoms. The summed E-state index contributed by atoms with van der Waals surface area (Å²) < 4.78 is 5.55. The van der Waals surface area contributed by atoms with Crippen LogP contribution >= 0.6 is 0 Å². The SMILES string of the molecule is Cc1cc2ccc(C(C)CC=O)cc2o1. The number of aryl methyl sites for hydroxylation is 1. The Balaban J connectivity index is 2.41. The van der Waals surface area contributed by atoms with Gasteiger partial charge in [-0.1, -0.05) is 19.1 Å². The molecule has 0 N–H and O–H groups in total. The Morgan fingerprint density at radius 1 is 1.40 bits per heavy atom. The largest absolute Gasteiger partial charge is 0.461 e. The second-order valence-electron chi connectivity index (χ2n) is 3.96. The van der Waals surface area contributed by atoms with Gasteiger partial charge in [-0.2, -0.15) is 0 Å². The van der Waals surface area contributed by atoms with Crippen LogP contribution in [0.25, 0.3) is 11.0 Å². The van der Waals surface area contributed by atoms with Crippen LogP contribution in [0.4, 0.5) is 0 Å². The van der Waals surface area contributed by atoms with Crippen molar-refractivity contribution in [1.82, 2.24) is 0 Å². The highest BCUT2D eigenvalue weighted by Crippen LogP contribution is 2.25. The first-order valence-electron chi connectivity index (χ1n) is 5.14. The maximum Gasteiger partial charge on any atom is 0.134 e. The normalized spacial score (nSPS) is 12.9. The standard InChI is InChI=1S/C13H14O2/c1-9(5-6-14)11-3-4-12-7-10(2)15-13(12)8-11/h3-4,6-9H,5H2,1-2H3. The third-order valence-corrected chi connectivity index (χ3v) is 2.69. The summed E-state index contributed by atoms with van der Waals surface area (Å²) in [5.41, 5.74) is 2.06. The fraction of sp³-hybridized carbons (Fsp3) is 0.308. The molecule has 0 aliphatic carbocycles. The van der Waals surface area contributed by atoms with E-state index in [1.54, 1.807) is 0 Å². The van der Waals surface area contributed by atoms with Gasteiger partial charge in [0.25, 0.3) is 0 Å². The molecule has 2 aromatic rings. The minimum absolute atomic E-state index is 0.261. The van der Waals surface area contributed by atoms with Gasteiger partial charge in [0.15, 0.2) is 0 Å². The summed E-state index contributed by atoms with van der Waals surface area (Å²) in [5.74, 6) is 1.18. The summed E-state index contributed by atoms with van der Waals surface area (Å²) in [7, 11) is 0. The summed E-state index contributed by atoms with van der Waals surface area (Å²) in [6.07, 6.45) is 1.52. The van der Waals surface area contributed by atoms with E-state index in [0.29, 0.717) is 6.42 Å². The lowest BCUT2D eigenvalue weighted by molar-refractivity contribution is -0.108. The predicted octanol–water partition coefficient (Wildman–Crippen LogP) is 3.43. The van der Waals surface area contributed by atoms with Crippen LogP contribution in [0.3, 0.4) is 0 Å². The maximum absolute atomic E-state index is 10.4. The molecule has 2 rings (SSSR count). The molecule has 1 aromatic heterocycles. The molecule has 0 fully saturated rings. The Bertz CT molecular complexity index is 482. The molecular weight excluding hydrogens is 188 g/mol. The lowest BCUT2D eigenvalue weighted by atomic mass is 9.98. The highest BCUT2D eigenvalue weighted by molar-refractivity contribution is 5.78. The maximum atomic E-state index is 10.4. The monoisotopic (exact) mass is 202 g/mol. The average Bonchev–Trinajstić information content (AvgIpc) is 2.57. The number of benzene rings is 1. The fourth-order valence-electron chi connectivity index (χ4n) is 1.77. The van der Waals surface area contributed by atoms with Gasteiger partial charge in [-0.15, -0.1) is 0 Å². The number of carbonyl (C=O) groups is 1. The third-order valence-electron chi connectivity index (χ3n) is 2.69. The molecule has 0 radical (unpaired) electrons. The van der Waals surface area contributed by atoms with Gasteiger partial charge in [-0.25, -0.2) is 0 Å². The van der Waals surface area contributed by atoms with Gasteiger partial charge in [-0.05, 0) is 30.5 Å². The summed E-state index contributed by atoms with van der Waals surface area (Å²) in [5, 5.41) is 1.12. The van der Waals surface area contributed by atoms with Crippen molar-refractivity contribution in [3.63, 3.8) is 0 Å². The molecule has 2 heteroatoms. The molecule has 0 saturated heterocycles. The zero-order chi connectivity index (χ0) is 10.8. The lowest BCUT2D eigenvalue weighted by Crippen LogP contribution is -1.93. The van der Waals surface area contributed by atoms with E-state index >= 15 is 0 Å². The summed E-state index contributed by atoms with van der Waals surface area (Å²) in [6, 6.07) is 8.15. The molecule has 15 heavy (non-hydrogen) atoms. The third kappa shape index (κ3) is 1.94. The first kappa shape index (κ1) is 9.97. The van der Waals surface area contributed by atoms with E-state index in [-0.39, 0.29) is 5.92 Å². The summed E-state index contributed by atoms with van der Waals surface area (Å²) >= 11 is 0. The van der Waals surface area contributed by atoms with Crippen LogP contribution in [0.15, 0.2) is 28.7 Å². The van der Waals surface area contributed by atoms with Gasteiger partial charge in [-0.3, -0.25) is 0 Å². The van der Waals surface area contributed by atoms with Gasteiger partial charge in [0.1, 0.15) is 17.6 Å². The van der Waals surface area contributed by atoms with E-state index in [0.717, 1.165) is 28.6 Å². The van der Waals surface area contributed by atoms with E-state index in [1.165, 1.54) is 0 Å². The fourth-order valence-corrected chi connectivity index (χ4v) is 1.77. The number of aldehydes is 1. The Labute approximate surface area is 88.9 Å². The Morgan fingerprint density at radius 2 is 2.20 bits per heavy atom. The van der Waals surface area contributed by atoms with Crippen molar-refractivity contribution in [1.29, 1.82) is 0 Å². The number of carbonyl (C=O) groups excluding carboxylic acids is 1. The van der Waals surface area contributed by atoms with Gasteiger partial charge in [0.2, 0.25) is 0 Å². The molecule has 1 atom stereocenters. The highest BCUT2D eigenvalue weighted by atomic mass is 16.3. The van der Waals surface area contributed by atoms with E-state index in [4.69, 9.17) is 4.42 Å². The van der Waals surface area contributed by atoms with Gasteiger partial charge in [0.05, 0.1) is 0 Å². The van der Waals surface area contributed by atoms with Crippen LogP contribution in [0.5, 0.6) is 0 Å². The smallest absolute Gasteiger partial charge is 0.134 e. The number of fused-ring (bicyclic) bond motifs is 1. The average molecular weight is 202 g/mol. The summed E-state index contributed by atoms with van der Waals surface area (Å²) in [6.45, 7) is 3.99. The molecule has 0 amide bonds. The summed E-state index contributed by atoms with van der Waals surface area (Å²) in [4.78, 5) is 10.4. The quantitative estimate of drug-likeness (QED) is 0.714. The van der Waals surface area contributed by atoms with Crippen LogP contribution in [0, 0.1) is 6.92 Å². The first-order chi connectivity index (χ1) is 7.20. The molecule has 1 aromatic carbocycles. The van der Waals surface area contributed by atoms with E-state index in [9.17, 15) is 4.79 Å². The number of hydrogen-bond donors (Lipinski definition) is 0. The lowest BCUT2D eigenvalue weighted by Gasteiger charge is -2.07. The van der Waals surface area contributed by atoms with Gasteiger partial charge in [0, 0.05) is 11.8 Å². The van der Waals surface area contributed by atoms with Crippen molar-refractivity contribution in [2.24, 2.45) is 0 Å². The highest BCUT2D eigenvalue weighted by Gasteiger charge is 2.07. The minimum atomic E-state index is 0.261. The van der Waals surface area contributed by atoms with Crippen LogP contribution in [-0.2, 0) is 4.79 Å². The van der Waals surface area contributed by atoms with Gasteiger partial charge < -0.3 is 9.21 Å². The van der Waals surface area contributed by atoms with Gasteiger partial charge >= 0.3 is 0 Å². The van der Waals surface area contributed by atoms with E-state index in [2.05, 4.69) is 6.07 Å². The zero-order valence-corrected chi connectivity index (χ0v) is 8.99. The molecule has 0 aliphatic rings. The predicted molar refractivity (Wildman–Crippen MR) is 60.0 cm³/mol. The molecule has 2 nitrogen and oxygen atoms in total. The van der Waals surface area contributed by atoms with E-state index < -0.39 is 0 Å². The molecule has 0 saturated carbocycles. The first-order valence-corrected chi connectivity index (χ1v) is 5.14.